The molecule has 160 valence electrons. The average Bonchev–Trinajstić information content (AvgIpc) is 3.20. The Morgan fingerprint density at radius 2 is 2.06 bits per heavy atom. The number of nitrogens with zero attached hydrogens (tertiary/aromatic N) is 3. The van der Waals surface area contributed by atoms with Gasteiger partial charge in [-0.3, -0.25) is 4.79 Å². The van der Waals surface area contributed by atoms with E-state index in [0.717, 1.165) is 32.5 Å². The number of aryl methyl sites for hydroxylation is 1. The van der Waals surface area contributed by atoms with Crippen LogP contribution >= 0.6 is 15.9 Å². The fraction of sp³-hybridized carbons (Fsp3) is 0.261. The largest absolute Gasteiger partial charge is 0.494 e. The Morgan fingerprint density at radius 3 is 2.84 bits per heavy atom. The molecule has 0 bridgehead atoms. The molecule has 1 aromatic heterocycles. The van der Waals surface area contributed by atoms with Gasteiger partial charge in [0, 0.05) is 21.4 Å². The molecule has 0 fully saturated rings. The maximum atomic E-state index is 13.6. The van der Waals surface area contributed by atoms with Gasteiger partial charge in [-0.1, -0.05) is 28.1 Å². The summed E-state index contributed by atoms with van der Waals surface area (Å²) in [5, 5.41) is 10.7. The lowest BCUT2D eigenvalue weighted by atomic mass is 9.94. The molecule has 0 radical (unpaired) electrons. The third-order valence-electron chi connectivity index (χ3n) is 5.46. The molecule has 0 saturated carbocycles. The third kappa shape index (κ3) is 3.95. The maximum Gasteiger partial charge on any atom is 0.255 e. The lowest BCUT2D eigenvalue weighted by Gasteiger charge is -2.30. The molecular formula is C23H24BrN5O2. The molecule has 31 heavy (non-hydrogen) atoms. The monoisotopic (exact) mass is 481 g/mol. The summed E-state index contributed by atoms with van der Waals surface area (Å²) in [7, 11) is 0. The summed E-state index contributed by atoms with van der Waals surface area (Å²) < 4.78 is 8.50. The summed E-state index contributed by atoms with van der Waals surface area (Å²) >= 11 is 3.56. The van der Waals surface area contributed by atoms with Crippen molar-refractivity contribution in [2.45, 2.75) is 33.7 Å². The van der Waals surface area contributed by atoms with Crippen molar-refractivity contribution in [3.63, 3.8) is 0 Å². The Morgan fingerprint density at radius 1 is 1.26 bits per heavy atom. The van der Waals surface area contributed by atoms with Crippen molar-refractivity contribution in [1.82, 2.24) is 14.8 Å². The minimum atomic E-state index is -0.497. The third-order valence-corrected chi connectivity index (χ3v) is 5.95. The molecule has 2 heterocycles. The Balaban J connectivity index is 1.83. The zero-order valence-electron chi connectivity index (χ0n) is 17.9. The first kappa shape index (κ1) is 21.1. The van der Waals surface area contributed by atoms with E-state index in [0.29, 0.717) is 23.9 Å². The first-order chi connectivity index (χ1) is 14.9. The second kappa shape index (κ2) is 8.55. The maximum absolute atomic E-state index is 13.6. The minimum absolute atomic E-state index is 0.202. The number of ether oxygens (including phenoxy) is 1. The molecule has 4 rings (SSSR count). The van der Waals surface area contributed by atoms with Gasteiger partial charge < -0.3 is 15.4 Å². The van der Waals surface area contributed by atoms with Crippen LogP contribution in [0, 0.1) is 13.8 Å². The molecule has 0 spiro atoms. The van der Waals surface area contributed by atoms with Crippen LogP contribution in [0.2, 0.25) is 0 Å². The minimum Gasteiger partial charge on any atom is -0.494 e. The van der Waals surface area contributed by atoms with Gasteiger partial charge in [-0.2, -0.15) is 10.1 Å². The van der Waals surface area contributed by atoms with Crippen LogP contribution in [0.5, 0.6) is 5.75 Å². The molecule has 1 aliphatic heterocycles. The molecule has 3 aromatic rings. The Bertz CT molecular complexity index is 1180. The average molecular weight is 482 g/mol. The second-order valence-corrected chi connectivity index (χ2v) is 8.33. The van der Waals surface area contributed by atoms with Crippen molar-refractivity contribution >= 4 is 33.5 Å². The van der Waals surface area contributed by atoms with Crippen LogP contribution in [0.25, 0.3) is 0 Å². The number of allylic oxidation sites excluding steroid dienone is 1. The van der Waals surface area contributed by atoms with Crippen LogP contribution < -0.4 is 15.4 Å². The molecular weight excluding hydrogens is 458 g/mol. The fourth-order valence-electron chi connectivity index (χ4n) is 3.77. The standard InChI is InChI=1S/C23H24BrN5O2/c1-5-31-19-10-9-16(24)11-17(19)21-20(15(4)27-23-25-12-26-29(21)23)22(30)28-18-8-6-7-13(2)14(18)3/h6-12,21H,5H2,1-4H3,(H,28,30)(H,25,26,27). The van der Waals surface area contributed by atoms with E-state index in [1.165, 1.54) is 6.33 Å². The van der Waals surface area contributed by atoms with E-state index >= 15 is 0 Å². The summed E-state index contributed by atoms with van der Waals surface area (Å²) in [5.74, 6) is 1.07. The Labute approximate surface area is 189 Å². The summed E-state index contributed by atoms with van der Waals surface area (Å²) in [5.41, 5.74) is 5.04. The van der Waals surface area contributed by atoms with Gasteiger partial charge in [0.05, 0.1) is 12.2 Å². The first-order valence-electron chi connectivity index (χ1n) is 10.1. The highest BCUT2D eigenvalue weighted by molar-refractivity contribution is 9.10. The van der Waals surface area contributed by atoms with Crippen molar-refractivity contribution < 1.29 is 9.53 Å². The molecule has 8 heteroatoms. The van der Waals surface area contributed by atoms with Crippen molar-refractivity contribution in [2.24, 2.45) is 0 Å². The van der Waals surface area contributed by atoms with Crippen LogP contribution in [-0.2, 0) is 4.79 Å². The summed E-state index contributed by atoms with van der Waals surface area (Å²) in [6.45, 7) is 8.35. The van der Waals surface area contributed by atoms with E-state index < -0.39 is 6.04 Å². The SMILES string of the molecule is CCOc1ccc(Br)cc1C1C(C(=O)Nc2cccc(C)c2C)=C(C)Nc2ncnn21. The summed E-state index contributed by atoms with van der Waals surface area (Å²) in [4.78, 5) is 17.9. The van der Waals surface area contributed by atoms with Gasteiger partial charge in [-0.15, -0.1) is 0 Å². The summed E-state index contributed by atoms with van der Waals surface area (Å²) in [6, 6.07) is 11.2. The van der Waals surface area contributed by atoms with E-state index in [-0.39, 0.29) is 5.91 Å². The number of rotatable bonds is 5. The zero-order valence-corrected chi connectivity index (χ0v) is 19.4. The lowest BCUT2D eigenvalue weighted by Crippen LogP contribution is -2.32. The van der Waals surface area contributed by atoms with Crippen LogP contribution in [-0.4, -0.2) is 27.3 Å². The van der Waals surface area contributed by atoms with Crippen LogP contribution in [0.1, 0.15) is 36.6 Å². The normalized spacial score (nSPS) is 15.3. The molecule has 1 aliphatic rings. The van der Waals surface area contributed by atoms with E-state index in [9.17, 15) is 4.79 Å². The number of aromatic nitrogens is 3. The number of halogens is 1. The number of nitrogens with one attached hydrogen (secondary N) is 2. The van der Waals surface area contributed by atoms with E-state index in [2.05, 4.69) is 36.6 Å². The predicted molar refractivity (Wildman–Crippen MR) is 124 cm³/mol. The number of anilines is 2. The number of hydrogen-bond acceptors (Lipinski definition) is 5. The quantitative estimate of drug-likeness (QED) is 0.536. The first-order valence-corrected chi connectivity index (χ1v) is 10.9. The van der Waals surface area contributed by atoms with Crippen molar-refractivity contribution in [3.05, 3.63) is 75.2 Å². The number of carbonyl (C=O) groups is 1. The number of amides is 1. The van der Waals surface area contributed by atoms with Gasteiger partial charge in [-0.25, -0.2) is 4.68 Å². The molecule has 0 saturated heterocycles. The van der Waals surface area contributed by atoms with E-state index in [1.54, 1.807) is 4.68 Å². The topological polar surface area (TPSA) is 81.1 Å². The highest BCUT2D eigenvalue weighted by Gasteiger charge is 2.35. The van der Waals surface area contributed by atoms with Gasteiger partial charge in [0.25, 0.3) is 5.91 Å². The van der Waals surface area contributed by atoms with Gasteiger partial charge in [0.15, 0.2) is 0 Å². The lowest BCUT2D eigenvalue weighted by molar-refractivity contribution is -0.113. The van der Waals surface area contributed by atoms with Gasteiger partial charge in [0.1, 0.15) is 18.1 Å². The van der Waals surface area contributed by atoms with Crippen molar-refractivity contribution in [3.8, 4) is 5.75 Å². The molecule has 0 aliphatic carbocycles. The van der Waals surface area contributed by atoms with Gasteiger partial charge in [0.2, 0.25) is 5.95 Å². The predicted octanol–water partition coefficient (Wildman–Crippen LogP) is 4.98. The second-order valence-electron chi connectivity index (χ2n) is 7.41. The molecule has 1 unspecified atom stereocenters. The number of benzene rings is 2. The molecule has 2 N–H and O–H groups in total. The van der Waals surface area contributed by atoms with Crippen molar-refractivity contribution in [1.29, 1.82) is 0 Å². The van der Waals surface area contributed by atoms with Crippen LogP contribution in [0.3, 0.4) is 0 Å². The smallest absolute Gasteiger partial charge is 0.255 e. The molecule has 2 aromatic carbocycles. The van der Waals surface area contributed by atoms with Gasteiger partial charge >= 0.3 is 0 Å². The number of hydrogen-bond donors (Lipinski definition) is 2. The summed E-state index contributed by atoms with van der Waals surface area (Å²) in [6.07, 6.45) is 1.48. The molecule has 7 nitrogen and oxygen atoms in total. The fourth-order valence-corrected chi connectivity index (χ4v) is 4.15. The molecule has 1 amide bonds. The van der Waals surface area contributed by atoms with Crippen LogP contribution in [0.15, 0.2) is 58.5 Å². The van der Waals surface area contributed by atoms with E-state index in [4.69, 9.17) is 4.74 Å². The highest BCUT2D eigenvalue weighted by Crippen LogP contribution is 2.40. The Kier molecular flexibility index (Phi) is 5.82. The molecule has 1 atom stereocenters. The number of carbonyl (C=O) groups excluding carboxylic acids is 1. The van der Waals surface area contributed by atoms with E-state index in [1.807, 2.05) is 64.1 Å². The van der Waals surface area contributed by atoms with Gasteiger partial charge in [-0.05, 0) is 63.1 Å². The zero-order chi connectivity index (χ0) is 22.1. The van der Waals surface area contributed by atoms with Crippen LogP contribution in [0.4, 0.5) is 11.6 Å². The Hall–Kier alpha value is -3.13. The number of fused-ring (bicyclic) bond motifs is 1. The highest BCUT2D eigenvalue weighted by atomic mass is 79.9. The van der Waals surface area contributed by atoms with Crippen molar-refractivity contribution in [2.75, 3.05) is 17.2 Å².